The largest absolute Gasteiger partial charge is 0.292 e. The van der Waals surface area contributed by atoms with Crippen LogP contribution in [0.1, 0.15) is 27.5 Å². The number of aryl methyl sites for hydroxylation is 1. The highest BCUT2D eigenvalue weighted by molar-refractivity contribution is 9.10. The van der Waals surface area contributed by atoms with Crippen LogP contribution in [0.5, 0.6) is 0 Å². The summed E-state index contributed by atoms with van der Waals surface area (Å²) in [5.41, 5.74) is 1.88. The Kier molecular flexibility index (Phi) is 4.08. The molecule has 0 bridgehead atoms. The summed E-state index contributed by atoms with van der Waals surface area (Å²) >= 11 is 3.36. The third kappa shape index (κ3) is 2.88. The number of aromatic nitrogens is 1. The Morgan fingerprint density at radius 3 is 2.74 bits per heavy atom. The van der Waals surface area contributed by atoms with Crippen LogP contribution in [0.15, 0.2) is 47.1 Å². The fourth-order valence-corrected chi connectivity index (χ4v) is 2.34. The first-order valence-electron chi connectivity index (χ1n) is 5.74. The normalized spacial score (nSPS) is 11.6. The van der Waals surface area contributed by atoms with Gasteiger partial charge in [0.15, 0.2) is 11.7 Å². The van der Waals surface area contributed by atoms with E-state index in [1.807, 2.05) is 19.1 Å². The van der Waals surface area contributed by atoms with Crippen LogP contribution in [0.25, 0.3) is 0 Å². The van der Waals surface area contributed by atoms with Crippen molar-refractivity contribution >= 4 is 21.7 Å². The van der Waals surface area contributed by atoms with E-state index in [2.05, 4.69) is 20.9 Å². The number of hydrogen-bond donors (Lipinski definition) is 0. The van der Waals surface area contributed by atoms with Crippen molar-refractivity contribution in [2.24, 2.45) is 0 Å². The second kappa shape index (κ2) is 5.77. The van der Waals surface area contributed by atoms with E-state index in [4.69, 9.17) is 0 Å². The standard InChI is InChI=1S/C15H11BrN2O/c1-10-8-11(16)5-6-12(10)15(19)13(9-17)14-4-2-3-7-18-14/h2-8,13H,1H3. The molecule has 1 aromatic heterocycles. The number of rotatable bonds is 3. The second-order valence-corrected chi connectivity index (χ2v) is 5.06. The number of carbonyl (C=O) groups is 1. The monoisotopic (exact) mass is 314 g/mol. The molecule has 2 aromatic rings. The van der Waals surface area contributed by atoms with Gasteiger partial charge in [0.05, 0.1) is 11.8 Å². The fourth-order valence-electron chi connectivity index (χ4n) is 1.86. The summed E-state index contributed by atoms with van der Waals surface area (Å²) in [6, 6.07) is 12.6. The van der Waals surface area contributed by atoms with Crippen LogP contribution in [0.2, 0.25) is 0 Å². The molecule has 0 saturated carbocycles. The molecule has 1 atom stereocenters. The lowest BCUT2D eigenvalue weighted by Gasteiger charge is -2.10. The summed E-state index contributed by atoms with van der Waals surface area (Å²) in [6.07, 6.45) is 1.58. The van der Waals surface area contributed by atoms with E-state index in [-0.39, 0.29) is 5.78 Å². The third-order valence-electron chi connectivity index (χ3n) is 2.83. The quantitative estimate of drug-likeness (QED) is 0.813. The van der Waals surface area contributed by atoms with Crippen LogP contribution in [-0.4, -0.2) is 10.8 Å². The molecule has 2 rings (SSSR count). The van der Waals surface area contributed by atoms with Crippen LogP contribution in [-0.2, 0) is 0 Å². The van der Waals surface area contributed by atoms with Gasteiger partial charge in [-0.2, -0.15) is 5.26 Å². The average Bonchev–Trinajstić information content (AvgIpc) is 2.40. The van der Waals surface area contributed by atoms with Crippen molar-refractivity contribution in [3.8, 4) is 6.07 Å². The predicted molar refractivity (Wildman–Crippen MR) is 75.8 cm³/mol. The summed E-state index contributed by atoms with van der Waals surface area (Å²) in [6.45, 7) is 1.85. The Morgan fingerprint density at radius 2 is 2.16 bits per heavy atom. The Morgan fingerprint density at radius 1 is 1.37 bits per heavy atom. The van der Waals surface area contributed by atoms with Gasteiger partial charge in [-0.1, -0.05) is 22.0 Å². The van der Waals surface area contributed by atoms with Crippen molar-refractivity contribution < 1.29 is 4.79 Å². The minimum Gasteiger partial charge on any atom is -0.292 e. The van der Waals surface area contributed by atoms with Gasteiger partial charge >= 0.3 is 0 Å². The molecular formula is C15H11BrN2O. The molecular weight excluding hydrogens is 304 g/mol. The Labute approximate surface area is 120 Å². The zero-order valence-corrected chi connectivity index (χ0v) is 11.9. The molecule has 0 aliphatic rings. The smallest absolute Gasteiger partial charge is 0.186 e. The summed E-state index contributed by atoms with van der Waals surface area (Å²) in [4.78, 5) is 16.5. The maximum atomic E-state index is 12.4. The SMILES string of the molecule is Cc1cc(Br)ccc1C(=O)C(C#N)c1ccccn1. The van der Waals surface area contributed by atoms with Gasteiger partial charge < -0.3 is 0 Å². The molecule has 0 aliphatic carbocycles. The number of nitrogens with zero attached hydrogens (tertiary/aromatic N) is 2. The summed E-state index contributed by atoms with van der Waals surface area (Å²) in [5.74, 6) is -1.08. The van der Waals surface area contributed by atoms with Crippen LogP contribution in [0, 0.1) is 18.3 Å². The molecule has 0 saturated heterocycles. The average molecular weight is 315 g/mol. The molecule has 0 spiro atoms. The van der Waals surface area contributed by atoms with Crippen LogP contribution < -0.4 is 0 Å². The molecule has 4 heteroatoms. The van der Waals surface area contributed by atoms with E-state index >= 15 is 0 Å². The van der Waals surface area contributed by atoms with Gasteiger partial charge in [0.25, 0.3) is 0 Å². The molecule has 1 aromatic carbocycles. The number of pyridine rings is 1. The second-order valence-electron chi connectivity index (χ2n) is 4.14. The van der Waals surface area contributed by atoms with Crippen molar-refractivity contribution in [2.75, 3.05) is 0 Å². The van der Waals surface area contributed by atoms with Gasteiger partial charge in [-0.05, 0) is 42.8 Å². The minimum atomic E-state index is -0.860. The topological polar surface area (TPSA) is 53.8 Å². The zero-order chi connectivity index (χ0) is 13.8. The Bertz CT molecular complexity index is 647. The molecule has 0 radical (unpaired) electrons. The van der Waals surface area contributed by atoms with Gasteiger partial charge in [-0.15, -0.1) is 0 Å². The molecule has 0 fully saturated rings. The highest BCUT2D eigenvalue weighted by Gasteiger charge is 2.23. The molecule has 0 aliphatic heterocycles. The first-order valence-corrected chi connectivity index (χ1v) is 6.53. The van der Waals surface area contributed by atoms with Gasteiger partial charge in [-0.25, -0.2) is 0 Å². The van der Waals surface area contributed by atoms with Crippen molar-refractivity contribution in [1.82, 2.24) is 4.98 Å². The Balaban J connectivity index is 2.40. The van der Waals surface area contributed by atoms with Crippen molar-refractivity contribution in [2.45, 2.75) is 12.8 Å². The number of hydrogen-bond acceptors (Lipinski definition) is 3. The maximum Gasteiger partial charge on any atom is 0.186 e. The molecule has 3 nitrogen and oxygen atoms in total. The lowest BCUT2D eigenvalue weighted by molar-refractivity contribution is 0.0977. The molecule has 0 N–H and O–H groups in total. The molecule has 94 valence electrons. The van der Waals surface area contributed by atoms with Crippen molar-refractivity contribution in [1.29, 1.82) is 5.26 Å². The van der Waals surface area contributed by atoms with Crippen LogP contribution in [0.4, 0.5) is 0 Å². The first kappa shape index (κ1) is 13.4. The maximum absolute atomic E-state index is 12.4. The fraction of sp³-hybridized carbons (Fsp3) is 0.133. The van der Waals surface area contributed by atoms with Gasteiger partial charge in [0.1, 0.15) is 0 Å². The summed E-state index contributed by atoms with van der Waals surface area (Å²) in [7, 11) is 0. The van der Waals surface area contributed by atoms with Gasteiger partial charge in [0, 0.05) is 16.2 Å². The molecule has 1 heterocycles. The van der Waals surface area contributed by atoms with E-state index in [9.17, 15) is 10.1 Å². The summed E-state index contributed by atoms with van der Waals surface area (Å²) in [5, 5.41) is 9.24. The lowest BCUT2D eigenvalue weighted by atomic mass is 9.93. The van der Waals surface area contributed by atoms with Crippen molar-refractivity contribution in [3.05, 3.63) is 63.9 Å². The van der Waals surface area contributed by atoms with Gasteiger partial charge in [0.2, 0.25) is 0 Å². The molecule has 19 heavy (non-hydrogen) atoms. The first-order chi connectivity index (χ1) is 9.13. The van der Waals surface area contributed by atoms with Crippen molar-refractivity contribution in [3.63, 3.8) is 0 Å². The van der Waals surface area contributed by atoms with Crippen LogP contribution in [0.3, 0.4) is 0 Å². The zero-order valence-electron chi connectivity index (χ0n) is 10.3. The number of ketones is 1. The minimum absolute atomic E-state index is 0.216. The predicted octanol–water partition coefficient (Wildman–Crippen LogP) is 3.64. The number of halogens is 1. The van der Waals surface area contributed by atoms with E-state index in [1.54, 1.807) is 36.5 Å². The van der Waals surface area contributed by atoms with E-state index in [0.717, 1.165) is 10.0 Å². The Hall–Kier alpha value is -1.99. The number of benzene rings is 1. The molecule has 1 unspecified atom stereocenters. The lowest BCUT2D eigenvalue weighted by Crippen LogP contribution is -2.13. The number of carbonyl (C=O) groups excluding carboxylic acids is 1. The number of Topliss-reactive ketones (excluding diaryl/α,β-unsaturated/α-hetero) is 1. The van der Waals surface area contributed by atoms with E-state index < -0.39 is 5.92 Å². The highest BCUT2D eigenvalue weighted by atomic mass is 79.9. The number of nitriles is 1. The van der Waals surface area contributed by atoms with Crippen LogP contribution >= 0.6 is 15.9 Å². The highest BCUT2D eigenvalue weighted by Crippen LogP contribution is 2.23. The third-order valence-corrected chi connectivity index (χ3v) is 3.32. The molecule has 0 amide bonds. The van der Waals surface area contributed by atoms with E-state index in [1.165, 1.54) is 0 Å². The van der Waals surface area contributed by atoms with Gasteiger partial charge in [-0.3, -0.25) is 9.78 Å². The summed E-state index contributed by atoms with van der Waals surface area (Å²) < 4.78 is 0.910. The van der Waals surface area contributed by atoms with E-state index in [0.29, 0.717) is 11.3 Å².